The van der Waals surface area contributed by atoms with Crippen LogP contribution in [0.15, 0.2) is 36.5 Å². The van der Waals surface area contributed by atoms with Gasteiger partial charge in [-0.1, -0.05) is 35.9 Å². The number of ether oxygens (including phenoxy) is 2. The summed E-state index contributed by atoms with van der Waals surface area (Å²) in [6.07, 6.45) is 0.174. The highest BCUT2D eigenvalue weighted by Gasteiger charge is 2.36. The van der Waals surface area contributed by atoms with Gasteiger partial charge in [0.25, 0.3) is 0 Å². The van der Waals surface area contributed by atoms with Gasteiger partial charge < -0.3 is 19.3 Å². The average molecular weight is 682 g/mol. The molecule has 1 amide bonds. The first kappa shape index (κ1) is 33.5. The van der Waals surface area contributed by atoms with Gasteiger partial charge in [0.2, 0.25) is 0 Å². The summed E-state index contributed by atoms with van der Waals surface area (Å²) in [6, 6.07) is 8.71. The number of rotatable bonds is 6. The molecule has 14 heteroatoms. The lowest BCUT2D eigenvalue weighted by Gasteiger charge is -2.41. The highest BCUT2D eigenvalue weighted by atomic mass is 35.5. The molecule has 0 spiro atoms. The summed E-state index contributed by atoms with van der Waals surface area (Å²) in [4.78, 5) is 31.7. The van der Waals surface area contributed by atoms with Gasteiger partial charge in [0.1, 0.15) is 41.2 Å². The van der Waals surface area contributed by atoms with E-state index in [-0.39, 0.29) is 71.7 Å². The van der Waals surface area contributed by atoms with Gasteiger partial charge in [0, 0.05) is 43.3 Å². The maximum absolute atomic E-state index is 16.7. The van der Waals surface area contributed by atoms with E-state index in [0.29, 0.717) is 23.7 Å². The summed E-state index contributed by atoms with van der Waals surface area (Å²) >= 11 is 6.37. The van der Waals surface area contributed by atoms with Gasteiger partial charge in [-0.3, -0.25) is 9.88 Å². The van der Waals surface area contributed by atoms with Gasteiger partial charge in [-0.2, -0.15) is 15.2 Å². The lowest BCUT2D eigenvalue weighted by Crippen LogP contribution is -2.56. The van der Waals surface area contributed by atoms with Crippen LogP contribution in [0.4, 0.5) is 23.8 Å². The maximum Gasteiger partial charge on any atom is 0.410 e. The van der Waals surface area contributed by atoms with Crippen molar-refractivity contribution >= 4 is 45.2 Å². The molecule has 2 aliphatic rings. The van der Waals surface area contributed by atoms with E-state index in [2.05, 4.69) is 21.0 Å². The lowest BCUT2D eigenvalue weighted by molar-refractivity contribution is 0.0145. The maximum atomic E-state index is 16.7. The number of aromatic nitrogens is 3. The largest absolute Gasteiger partial charge is 0.462 e. The third-order valence-electron chi connectivity index (χ3n) is 8.70. The number of nitrogens with zero attached hydrogens (tertiary/aromatic N) is 7. The van der Waals surface area contributed by atoms with E-state index >= 15 is 4.39 Å². The number of hydrogen-bond donors (Lipinski definition) is 0. The number of carbonyl (C=O) groups is 1. The zero-order valence-corrected chi connectivity index (χ0v) is 27.8. The summed E-state index contributed by atoms with van der Waals surface area (Å²) < 4.78 is 57.4. The molecule has 0 N–H and O–H groups in total. The fourth-order valence-corrected chi connectivity index (χ4v) is 6.54. The summed E-state index contributed by atoms with van der Waals surface area (Å²) in [5.74, 6) is -1.19. The van der Waals surface area contributed by atoms with Crippen LogP contribution in [0, 0.1) is 23.0 Å². The number of anilines is 1. The van der Waals surface area contributed by atoms with E-state index in [1.54, 1.807) is 52.1 Å². The molecule has 3 atom stereocenters. The van der Waals surface area contributed by atoms with Crippen molar-refractivity contribution in [3.8, 4) is 23.3 Å². The van der Waals surface area contributed by atoms with E-state index in [9.17, 15) is 18.8 Å². The first-order valence-electron chi connectivity index (χ1n) is 15.7. The normalized spacial score (nSPS) is 20.4. The van der Waals surface area contributed by atoms with Crippen molar-refractivity contribution in [3.05, 3.63) is 53.2 Å². The number of benzene rings is 2. The summed E-state index contributed by atoms with van der Waals surface area (Å²) in [7, 11) is 1.80. The molecule has 10 nitrogen and oxygen atoms in total. The molecular weight excluding hydrogens is 647 g/mol. The molecule has 0 bridgehead atoms. The number of alkyl halides is 1. The van der Waals surface area contributed by atoms with E-state index in [1.165, 1.54) is 17.2 Å². The molecule has 48 heavy (non-hydrogen) atoms. The van der Waals surface area contributed by atoms with Gasteiger partial charge in [-0.15, -0.1) is 0 Å². The summed E-state index contributed by atoms with van der Waals surface area (Å²) in [6.45, 7) is 6.45. The van der Waals surface area contributed by atoms with Crippen molar-refractivity contribution in [2.75, 3.05) is 44.7 Å². The third kappa shape index (κ3) is 6.51. The molecule has 6 rings (SSSR count). The minimum atomic E-state index is -1.10. The second-order valence-electron chi connectivity index (χ2n) is 13.1. The van der Waals surface area contributed by atoms with Crippen molar-refractivity contribution in [2.24, 2.45) is 0 Å². The molecule has 0 aliphatic carbocycles. The van der Waals surface area contributed by atoms with Crippen LogP contribution in [0.25, 0.3) is 32.9 Å². The monoisotopic (exact) mass is 681 g/mol. The van der Waals surface area contributed by atoms with Crippen LogP contribution in [0.2, 0.25) is 5.02 Å². The number of likely N-dealkylation sites (tertiary alicyclic amines) is 1. The summed E-state index contributed by atoms with van der Waals surface area (Å²) in [5.41, 5.74) is -0.680. The topological polar surface area (TPSA) is 108 Å². The first-order chi connectivity index (χ1) is 22.9. The number of carbonyl (C=O) groups excluding carboxylic acids is 1. The number of piperazine rings is 1. The molecule has 4 heterocycles. The van der Waals surface area contributed by atoms with Crippen LogP contribution < -0.4 is 9.64 Å². The van der Waals surface area contributed by atoms with Gasteiger partial charge in [-0.25, -0.2) is 18.0 Å². The van der Waals surface area contributed by atoms with Crippen molar-refractivity contribution in [3.63, 3.8) is 0 Å². The Hall–Kier alpha value is -4.41. The highest BCUT2D eigenvalue weighted by Crippen LogP contribution is 2.38. The Morgan fingerprint density at radius 3 is 2.65 bits per heavy atom. The van der Waals surface area contributed by atoms with Crippen LogP contribution in [0.1, 0.15) is 33.6 Å². The minimum absolute atomic E-state index is 0.0170. The number of fused-ring (bicyclic) bond motifs is 2. The van der Waals surface area contributed by atoms with Crippen molar-refractivity contribution in [1.82, 2.24) is 24.8 Å². The van der Waals surface area contributed by atoms with E-state index in [4.69, 9.17) is 21.1 Å². The van der Waals surface area contributed by atoms with Gasteiger partial charge in [0.05, 0.1) is 35.0 Å². The molecule has 2 saturated heterocycles. The Balaban J connectivity index is 1.44. The number of nitriles is 1. The standard InChI is InChI=1S/C34H35ClF3N7O3/c1-34(2,3)48-33(46)45-15-14-44(17-20(45)10-12-39)31-22-16-40-29(21-7-5-6-19-8-9-24(37)27(35)26(19)21)28(38)30(22)41-32(42-31)47-18-25-23(36)11-13-43(25)4/h5-9,16,20,23,25H,10-11,13-15,17-18H2,1-4H3/t20-,23+,25-/m0/s1. The minimum Gasteiger partial charge on any atom is -0.462 e. The number of pyridine rings is 1. The Morgan fingerprint density at radius 1 is 1.15 bits per heavy atom. The Labute approximate surface area is 281 Å². The molecule has 0 unspecified atom stereocenters. The molecule has 2 fully saturated rings. The molecular formula is C34H35ClF3N7O3. The van der Waals surface area contributed by atoms with Crippen LogP contribution >= 0.6 is 11.6 Å². The molecule has 252 valence electrons. The van der Waals surface area contributed by atoms with Crippen LogP contribution in [-0.2, 0) is 4.74 Å². The van der Waals surface area contributed by atoms with Gasteiger partial charge >= 0.3 is 12.1 Å². The lowest BCUT2D eigenvalue weighted by atomic mass is 10.0. The van der Waals surface area contributed by atoms with Gasteiger partial charge in [-0.05, 0) is 45.7 Å². The average Bonchev–Trinajstić information content (AvgIpc) is 3.37. The van der Waals surface area contributed by atoms with E-state index in [0.717, 1.165) is 0 Å². The zero-order chi connectivity index (χ0) is 34.3. The molecule has 0 saturated carbocycles. The predicted octanol–water partition coefficient (Wildman–Crippen LogP) is 6.54. The van der Waals surface area contributed by atoms with Gasteiger partial charge in [0.15, 0.2) is 5.82 Å². The smallest absolute Gasteiger partial charge is 0.410 e. The number of likely N-dealkylation sites (N-methyl/N-ethyl adjacent to an activating group) is 1. The van der Waals surface area contributed by atoms with Crippen LogP contribution in [-0.4, -0.2) is 94.5 Å². The highest BCUT2D eigenvalue weighted by molar-refractivity contribution is 6.36. The van der Waals surface area contributed by atoms with Crippen molar-refractivity contribution in [1.29, 1.82) is 5.26 Å². The zero-order valence-electron chi connectivity index (χ0n) is 27.0. The Morgan fingerprint density at radius 2 is 1.94 bits per heavy atom. The fourth-order valence-electron chi connectivity index (χ4n) is 6.26. The third-order valence-corrected chi connectivity index (χ3v) is 9.06. The van der Waals surface area contributed by atoms with Crippen LogP contribution in [0.3, 0.4) is 0 Å². The van der Waals surface area contributed by atoms with Crippen LogP contribution in [0.5, 0.6) is 6.01 Å². The summed E-state index contributed by atoms with van der Waals surface area (Å²) in [5, 5.41) is 10.6. The molecule has 2 aliphatic heterocycles. The molecule has 4 aromatic rings. The number of hydrogen-bond acceptors (Lipinski definition) is 9. The van der Waals surface area contributed by atoms with E-state index < -0.39 is 41.6 Å². The molecule has 2 aromatic carbocycles. The fraction of sp³-hybridized carbons (Fsp3) is 0.441. The second-order valence-corrected chi connectivity index (χ2v) is 13.5. The molecule has 2 aromatic heterocycles. The Kier molecular flexibility index (Phi) is 9.24. The predicted molar refractivity (Wildman–Crippen MR) is 176 cm³/mol. The Bertz CT molecular complexity index is 1910. The van der Waals surface area contributed by atoms with Crippen molar-refractivity contribution < 1.29 is 27.4 Å². The van der Waals surface area contributed by atoms with Crippen molar-refractivity contribution in [2.45, 2.75) is 57.5 Å². The van der Waals surface area contributed by atoms with E-state index in [1.807, 2.05) is 9.80 Å². The molecule has 0 radical (unpaired) electrons. The quantitative estimate of drug-likeness (QED) is 0.224. The first-order valence-corrected chi connectivity index (χ1v) is 16.1. The number of halogens is 4. The number of amides is 1. The SMILES string of the molecule is CN1CC[C@@H](F)[C@@H]1COc1nc(N2CCN(C(=O)OC(C)(C)C)[C@@H](CC#N)C2)c2cnc(-c3cccc4ccc(F)c(Cl)c34)c(F)c2n1. The second kappa shape index (κ2) is 13.2.